The third-order valence-electron chi connectivity index (χ3n) is 2.39. The van der Waals surface area contributed by atoms with Crippen LogP contribution in [0.2, 0.25) is 0 Å². The highest BCUT2D eigenvalue weighted by Gasteiger charge is 2.36. The molecule has 90 valence electrons. The lowest BCUT2D eigenvalue weighted by Gasteiger charge is -2.26. The minimum atomic E-state index is -0.293. The fourth-order valence-corrected chi connectivity index (χ4v) is 1.80. The van der Waals surface area contributed by atoms with Gasteiger partial charge in [0.25, 0.3) is 0 Å². The molecule has 0 aromatic heterocycles. The van der Waals surface area contributed by atoms with E-state index in [2.05, 4.69) is 0 Å². The molecule has 0 saturated carbocycles. The zero-order chi connectivity index (χ0) is 11.1. The molecule has 15 heavy (non-hydrogen) atoms. The summed E-state index contributed by atoms with van der Waals surface area (Å²) in [6, 6.07) is 0. The summed E-state index contributed by atoms with van der Waals surface area (Å²) in [6.45, 7) is 8.59. The third-order valence-corrected chi connectivity index (χ3v) is 2.39. The summed E-state index contributed by atoms with van der Waals surface area (Å²) >= 11 is 0. The van der Waals surface area contributed by atoms with E-state index in [0.717, 1.165) is 13.0 Å². The molecule has 0 radical (unpaired) electrons. The molecule has 0 amide bonds. The molecule has 0 spiro atoms. The summed E-state index contributed by atoms with van der Waals surface area (Å²) in [5, 5.41) is 0. The second-order valence-corrected chi connectivity index (χ2v) is 3.40. The van der Waals surface area contributed by atoms with Crippen molar-refractivity contribution in [2.45, 2.75) is 45.7 Å². The van der Waals surface area contributed by atoms with E-state index >= 15 is 0 Å². The van der Waals surface area contributed by atoms with Gasteiger partial charge in [0.2, 0.25) is 0 Å². The zero-order valence-corrected chi connectivity index (χ0v) is 9.90. The fraction of sp³-hybridized carbons (Fsp3) is 1.00. The van der Waals surface area contributed by atoms with Gasteiger partial charge >= 0.3 is 0 Å². The molecule has 1 saturated heterocycles. The van der Waals surface area contributed by atoms with Crippen LogP contribution in [0.1, 0.15) is 27.2 Å². The van der Waals surface area contributed by atoms with Crippen LogP contribution < -0.4 is 0 Å². The van der Waals surface area contributed by atoms with E-state index < -0.39 is 0 Å². The lowest BCUT2D eigenvalue weighted by molar-refractivity contribution is -0.210. The predicted molar refractivity (Wildman–Crippen MR) is 56.8 cm³/mol. The first-order valence-electron chi connectivity index (χ1n) is 5.79. The van der Waals surface area contributed by atoms with Gasteiger partial charge in [0.1, 0.15) is 6.10 Å². The number of rotatable bonds is 7. The third kappa shape index (κ3) is 3.72. The van der Waals surface area contributed by atoms with Crippen LogP contribution in [0.3, 0.4) is 0 Å². The highest BCUT2D eigenvalue weighted by Crippen LogP contribution is 2.22. The number of hydrogen-bond acceptors (Lipinski definition) is 4. The summed E-state index contributed by atoms with van der Waals surface area (Å²) in [7, 11) is 0. The van der Waals surface area contributed by atoms with Gasteiger partial charge in [0, 0.05) is 26.4 Å². The smallest absolute Gasteiger partial charge is 0.186 e. The largest absolute Gasteiger partial charge is 0.376 e. The first kappa shape index (κ1) is 12.9. The van der Waals surface area contributed by atoms with Crippen molar-refractivity contribution in [3.05, 3.63) is 0 Å². The van der Waals surface area contributed by atoms with Crippen LogP contribution in [-0.4, -0.2) is 44.9 Å². The quantitative estimate of drug-likeness (QED) is 0.608. The average molecular weight is 218 g/mol. The molecule has 2 atom stereocenters. The second kappa shape index (κ2) is 7.17. The maximum Gasteiger partial charge on any atom is 0.186 e. The Balaban J connectivity index is 2.48. The molecule has 0 aliphatic carbocycles. The Labute approximate surface area is 91.8 Å². The van der Waals surface area contributed by atoms with Crippen LogP contribution in [-0.2, 0) is 18.9 Å². The molecule has 1 fully saturated rings. The molecule has 4 heteroatoms. The Morgan fingerprint density at radius 3 is 2.33 bits per heavy atom. The van der Waals surface area contributed by atoms with E-state index in [1.165, 1.54) is 0 Å². The van der Waals surface area contributed by atoms with E-state index in [0.29, 0.717) is 19.8 Å². The maximum atomic E-state index is 5.61. The second-order valence-electron chi connectivity index (χ2n) is 3.40. The monoisotopic (exact) mass is 218 g/mol. The van der Waals surface area contributed by atoms with Gasteiger partial charge in [-0.25, -0.2) is 0 Å². The molecule has 1 aliphatic heterocycles. The van der Waals surface area contributed by atoms with E-state index in [1.54, 1.807) is 0 Å². The molecule has 0 bridgehead atoms. The van der Waals surface area contributed by atoms with Crippen LogP contribution in [0.15, 0.2) is 0 Å². The number of ether oxygens (including phenoxy) is 4. The zero-order valence-electron chi connectivity index (χ0n) is 9.90. The highest BCUT2D eigenvalue weighted by atomic mass is 16.7. The molecule has 2 unspecified atom stereocenters. The van der Waals surface area contributed by atoms with Gasteiger partial charge in [0.05, 0.1) is 6.10 Å². The Hall–Kier alpha value is -0.160. The van der Waals surface area contributed by atoms with Crippen LogP contribution in [0.25, 0.3) is 0 Å². The summed E-state index contributed by atoms with van der Waals surface area (Å²) in [5.74, 6) is 0. The van der Waals surface area contributed by atoms with Crippen LogP contribution in [0.4, 0.5) is 0 Å². The molecule has 0 N–H and O–H groups in total. The van der Waals surface area contributed by atoms with Gasteiger partial charge in [0.15, 0.2) is 6.29 Å². The molecule has 1 rings (SSSR count). The lowest BCUT2D eigenvalue weighted by atomic mass is 10.2. The van der Waals surface area contributed by atoms with Crippen molar-refractivity contribution in [2.75, 3.05) is 26.4 Å². The van der Waals surface area contributed by atoms with Crippen molar-refractivity contribution in [1.82, 2.24) is 0 Å². The Bertz CT molecular complexity index is 157. The van der Waals surface area contributed by atoms with Gasteiger partial charge in [-0.05, 0) is 27.2 Å². The van der Waals surface area contributed by atoms with Gasteiger partial charge in [-0.3, -0.25) is 0 Å². The van der Waals surface area contributed by atoms with Crippen molar-refractivity contribution < 1.29 is 18.9 Å². The van der Waals surface area contributed by atoms with E-state index in [1.807, 2.05) is 20.8 Å². The minimum absolute atomic E-state index is 0.0788. The number of hydrogen-bond donors (Lipinski definition) is 0. The molecule has 4 nitrogen and oxygen atoms in total. The van der Waals surface area contributed by atoms with E-state index in [9.17, 15) is 0 Å². The van der Waals surface area contributed by atoms with Gasteiger partial charge in [-0.1, -0.05) is 0 Å². The predicted octanol–water partition coefficient (Wildman–Crippen LogP) is 1.58. The normalized spacial score (nSPS) is 26.4. The van der Waals surface area contributed by atoms with E-state index in [-0.39, 0.29) is 18.5 Å². The van der Waals surface area contributed by atoms with Crippen LogP contribution in [0.5, 0.6) is 0 Å². The molecular formula is C11H22O4. The van der Waals surface area contributed by atoms with Crippen molar-refractivity contribution in [1.29, 1.82) is 0 Å². The molecule has 0 aromatic rings. The van der Waals surface area contributed by atoms with Gasteiger partial charge < -0.3 is 18.9 Å². The van der Waals surface area contributed by atoms with Gasteiger partial charge in [-0.15, -0.1) is 0 Å². The van der Waals surface area contributed by atoms with Crippen molar-refractivity contribution in [2.24, 2.45) is 0 Å². The van der Waals surface area contributed by atoms with E-state index in [4.69, 9.17) is 18.9 Å². The summed E-state index contributed by atoms with van der Waals surface area (Å²) in [4.78, 5) is 0. The fourth-order valence-electron chi connectivity index (χ4n) is 1.80. The Morgan fingerprint density at radius 2 is 1.80 bits per heavy atom. The van der Waals surface area contributed by atoms with Crippen LogP contribution >= 0.6 is 0 Å². The standard InChI is InChI=1S/C11H22O4/c1-4-12-9-7-8-15-10(9)11(13-5-2)14-6-3/h9-11H,4-8H2,1-3H3. The SMILES string of the molecule is CCOC1CCOC1C(OCC)OCC. The molecular weight excluding hydrogens is 196 g/mol. The summed E-state index contributed by atoms with van der Waals surface area (Å²) < 4.78 is 22.2. The maximum absolute atomic E-state index is 5.61. The topological polar surface area (TPSA) is 36.9 Å². The molecule has 0 aromatic carbocycles. The average Bonchev–Trinajstić information content (AvgIpc) is 2.66. The van der Waals surface area contributed by atoms with Crippen molar-refractivity contribution in [3.63, 3.8) is 0 Å². The first-order valence-corrected chi connectivity index (χ1v) is 5.79. The highest BCUT2D eigenvalue weighted by molar-refractivity contribution is 4.80. The lowest BCUT2D eigenvalue weighted by Crippen LogP contribution is -2.40. The van der Waals surface area contributed by atoms with Gasteiger partial charge in [-0.2, -0.15) is 0 Å². The molecule has 1 heterocycles. The first-order chi connectivity index (χ1) is 7.33. The Kier molecular flexibility index (Phi) is 6.17. The summed E-state index contributed by atoms with van der Waals surface area (Å²) in [6.07, 6.45) is 0.664. The minimum Gasteiger partial charge on any atom is -0.376 e. The summed E-state index contributed by atoms with van der Waals surface area (Å²) in [5.41, 5.74) is 0. The Morgan fingerprint density at radius 1 is 1.13 bits per heavy atom. The van der Waals surface area contributed by atoms with Crippen molar-refractivity contribution >= 4 is 0 Å². The van der Waals surface area contributed by atoms with Crippen LogP contribution in [0, 0.1) is 0 Å². The van der Waals surface area contributed by atoms with Crippen molar-refractivity contribution in [3.8, 4) is 0 Å². The molecule has 1 aliphatic rings.